The van der Waals surface area contributed by atoms with E-state index in [0.717, 1.165) is 40.7 Å². The summed E-state index contributed by atoms with van der Waals surface area (Å²) in [7, 11) is 0. The molecule has 2 aromatic rings. The highest BCUT2D eigenvalue weighted by atomic mass is 32.1. The molecule has 0 saturated heterocycles. The summed E-state index contributed by atoms with van der Waals surface area (Å²) < 4.78 is 2.94. The highest BCUT2D eigenvalue weighted by Gasteiger charge is 2.09. The molecule has 0 radical (unpaired) electrons. The number of nitrogens with zero attached hydrogens (tertiary/aromatic N) is 3. The van der Waals surface area contributed by atoms with E-state index >= 15 is 0 Å². The molecule has 0 aliphatic rings. The number of pyridine rings is 2. The van der Waals surface area contributed by atoms with E-state index in [1.165, 1.54) is 0 Å². The summed E-state index contributed by atoms with van der Waals surface area (Å²) in [5, 5.41) is 3.39. The van der Waals surface area contributed by atoms with Gasteiger partial charge in [-0.15, -0.1) is 0 Å². The molecule has 0 spiro atoms. The van der Waals surface area contributed by atoms with Crippen molar-refractivity contribution in [2.45, 2.75) is 27.2 Å². The first-order chi connectivity index (χ1) is 8.69. The van der Waals surface area contributed by atoms with Crippen molar-refractivity contribution in [2.75, 3.05) is 18.1 Å². The Kier molecular flexibility index (Phi) is 3.97. The summed E-state index contributed by atoms with van der Waals surface area (Å²) in [6.45, 7) is 8.30. The summed E-state index contributed by atoms with van der Waals surface area (Å²) in [6, 6.07) is 6.16. The monoisotopic (exact) mass is 261 g/mol. The van der Waals surface area contributed by atoms with Crippen LogP contribution in [0.15, 0.2) is 24.4 Å². The molecule has 18 heavy (non-hydrogen) atoms. The Hall–Kier alpha value is -1.42. The Morgan fingerprint density at radius 1 is 1.39 bits per heavy atom. The van der Waals surface area contributed by atoms with Gasteiger partial charge in [0, 0.05) is 24.7 Å². The molecule has 0 saturated carbocycles. The Balaban J connectivity index is 2.73. The number of rotatable bonds is 4. The Labute approximate surface area is 113 Å². The summed E-state index contributed by atoms with van der Waals surface area (Å²) in [5.41, 5.74) is 2.07. The lowest BCUT2D eigenvalue weighted by molar-refractivity contribution is 0.595. The van der Waals surface area contributed by atoms with Crippen LogP contribution in [-0.4, -0.2) is 22.7 Å². The molecule has 4 heteroatoms. The maximum absolute atomic E-state index is 5.56. The van der Waals surface area contributed by atoms with Gasteiger partial charge >= 0.3 is 0 Å². The smallest absolute Gasteiger partial charge is 0.159 e. The molecule has 0 aromatic carbocycles. The Morgan fingerprint density at radius 2 is 2.17 bits per heavy atom. The van der Waals surface area contributed by atoms with Crippen molar-refractivity contribution in [3.8, 4) is 0 Å². The van der Waals surface area contributed by atoms with Crippen molar-refractivity contribution < 1.29 is 0 Å². The van der Waals surface area contributed by atoms with Crippen LogP contribution in [0.2, 0.25) is 0 Å². The van der Waals surface area contributed by atoms with Crippen LogP contribution >= 0.6 is 12.2 Å². The number of fused-ring (bicyclic) bond motifs is 1. The maximum atomic E-state index is 5.56. The summed E-state index contributed by atoms with van der Waals surface area (Å²) >= 11 is 5.56. The molecule has 2 aromatic heterocycles. The standard InChI is InChI=1S/C14H19N3S/c1-4-9-16(5-2)17-13-12(7-6-8-15-13)10-11(3)14(17)18/h6-8,10H,4-5,9H2,1-3H3. The number of aromatic nitrogens is 2. The van der Waals surface area contributed by atoms with E-state index in [1.807, 2.05) is 12.3 Å². The molecule has 0 atom stereocenters. The number of hydrogen-bond donors (Lipinski definition) is 0. The fraction of sp³-hybridized carbons (Fsp3) is 0.429. The molecule has 0 amide bonds. The third-order valence-electron chi connectivity index (χ3n) is 3.05. The first kappa shape index (κ1) is 13.0. The summed E-state index contributed by atoms with van der Waals surface area (Å²) in [5.74, 6) is 0. The van der Waals surface area contributed by atoms with Gasteiger partial charge in [0.2, 0.25) is 0 Å². The van der Waals surface area contributed by atoms with Gasteiger partial charge in [-0.05, 0) is 44.0 Å². The largest absolute Gasteiger partial charge is 0.310 e. The minimum Gasteiger partial charge on any atom is -0.310 e. The normalized spacial score (nSPS) is 10.8. The highest BCUT2D eigenvalue weighted by molar-refractivity contribution is 7.71. The molecule has 0 N–H and O–H groups in total. The molecule has 0 aliphatic carbocycles. The lowest BCUT2D eigenvalue weighted by Crippen LogP contribution is -2.36. The van der Waals surface area contributed by atoms with Crippen LogP contribution in [0.1, 0.15) is 25.8 Å². The third kappa shape index (κ3) is 2.25. The molecule has 0 unspecified atom stereocenters. The average Bonchev–Trinajstić information content (AvgIpc) is 2.38. The van der Waals surface area contributed by atoms with Crippen LogP contribution in [0.5, 0.6) is 0 Å². The zero-order chi connectivity index (χ0) is 13.1. The number of hydrogen-bond acceptors (Lipinski definition) is 3. The predicted molar refractivity (Wildman–Crippen MR) is 79.2 cm³/mol. The van der Waals surface area contributed by atoms with Crippen LogP contribution in [0.25, 0.3) is 11.0 Å². The minimum atomic E-state index is 0.858. The van der Waals surface area contributed by atoms with Gasteiger partial charge in [0.05, 0.1) is 0 Å². The first-order valence-electron chi connectivity index (χ1n) is 6.41. The van der Waals surface area contributed by atoms with Gasteiger partial charge in [0.1, 0.15) is 4.64 Å². The van der Waals surface area contributed by atoms with Crippen molar-refractivity contribution in [2.24, 2.45) is 0 Å². The van der Waals surface area contributed by atoms with Gasteiger partial charge in [-0.3, -0.25) is 0 Å². The van der Waals surface area contributed by atoms with Crippen molar-refractivity contribution >= 4 is 23.3 Å². The maximum Gasteiger partial charge on any atom is 0.159 e. The van der Waals surface area contributed by atoms with E-state index in [-0.39, 0.29) is 0 Å². The highest BCUT2D eigenvalue weighted by Crippen LogP contribution is 2.16. The van der Waals surface area contributed by atoms with Crippen LogP contribution in [0.3, 0.4) is 0 Å². The second-order valence-electron chi connectivity index (χ2n) is 4.41. The molecule has 0 fully saturated rings. The van der Waals surface area contributed by atoms with Crippen molar-refractivity contribution in [1.82, 2.24) is 9.66 Å². The first-order valence-corrected chi connectivity index (χ1v) is 6.82. The van der Waals surface area contributed by atoms with Gasteiger partial charge in [-0.1, -0.05) is 19.1 Å². The second kappa shape index (κ2) is 5.48. The fourth-order valence-corrected chi connectivity index (χ4v) is 2.44. The average molecular weight is 261 g/mol. The lowest BCUT2D eigenvalue weighted by atomic mass is 10.2. The van der Waals surface area contributed by atoms with Crippen LogP contribution in [-0.2, 0) is 0 Å². The fourth-order valence-electron chi connectivity index (χ4n) is 2.18. The summed E-state index contributed by atoms with van der Waals surface area (Å²) in [6.07, 6.45) is 2.92. The third-order valence-corrected chi connectivity index (χ3v) is 3.54. The molecular formula is C14H19N3S. The Bertz CT molecular complexity index is 604. The molecule has 0 aliphatic heterocycles. The van der Waals surface area contributed by atoms with Gasteiger partial charge in [-0.25, -0.2) is 9.66 Å². The quantitative estimate of drug-likeness (QED) is 0.787. The SMILES string of the molecule is CCCN(CC)n1c(=S)c(C)cc2cccnc21. The van der Waals surface area contributed by atoms with Gasteiger partial charge < -0.3 is 5.01 Å². The zero-order valence-corrected chi connectivity index (χ0v) is 12.0. The van der Waals surface area contributed by atoms with Gasteiger partial charge in [0.15, 0.2) is 5.65 Å². The van der Waals surface area contributed by atoms with E-state index in [0.29, 0.717) is 0 Å². The van der Waals surface area contributed by atoms with E-state index < -0.39 is 0 Å². The predicted octanol–water partition coefficient (Wildman–Crippen LogP) is 3.44. The van der Waals surface area contributed by atoms with E-state index in [9.17, 15) is 0 Å². The molecular weight excluding hydrogens is 242 g/mol. The van der Waals surface area contributed by atoms with Crippen molar-refractivity contribution in [1.29, 1.82) is 0 Å². The second-order valence-corrected chi connectivity index (χ2v) is 4.79. The molecule has 2 rings (SSSR count). The zero-order valence-electron chi connectivity index (χ0n) is 11.2. The molecule has 3 nitrogen and oxygen atoms in total. The van der Waals surface area contributed by atoms with Gasteiger partial charge in [0.25, 0.3) is 0 Å². The lowest BCUT2D eigenvalue weighted by Gasteiger charge is -2.27. The van der Waals surface area contributed by atoms with Crippen LogP contribution < -0.4 is 5.01 Å². The summed E-state index contributed by atoms with van der Waals surface area (Å²) in [4.78, 5) is 4.49. The number of aryl methyl sites for hydroxylation is 1. The minimum absolute atomic E-state index is 0.858. The van der Waals surface area contributed by atoms with E-state index in [4.69, 9.17) is 12.2 Å². The van der Waals surface area contributed by atoms with E-state index in [1.54, 1.807) is 0 Å². The van der Waals surface area contributed by atoms with E-state index in [2.05, 4.69) is 47.6 Å². The molecule has 96 valence electrons. The molecule has 0 bridgehead atoms. The van der Waals surface area contributed by atoms with Crippen LogP contribution in [0.4, 0.5) is 0 Å². The van der Waals surface area contributed by atoms with Crippen LogP contribution in [0, 0.1) is 11.6 Å². The van der Waals surface area contributed by atoms with Crippen molar-refractivity contribution in [3.05, 3.63) is 34.6 Å². The Morgan fingerprint density at radius 3 is 2.83 bits per heavy atom. The van der Waals surface area contributed by atoms with Gasteiger partial charge in [-0.2, -0.15) is 0 Å². The topological polar surface area (TPSA) is 21.1 Å². The molecule has 2 heterocycles. The van der Waals surface area contributed by atoms with Crippen molar-refractivity contribution in [3.63, 3.8) is 0 Å².